The van der Waals surface area contributed by atoms with E-state index in [9.17, 15) is 9.18 Å². The zero-order chi connectivity index (χ0) is 23.0. The first-order valence-corrected chi connectivity index (χ1v) is 11.1. The Morgan fingerprint density at radius 3 is 2.47 bits per heavy atom. The molecule has 1 fully saturated rings. The van der Waals surface area contributed by atoms with Crippen LogP contribution < -0.4 is 16.2 Å². The average molecular weight is 460 g/mol. The Balaban J connectivity index is 1.54. The molecule has 2 aromatic rings. The van der Waals surface area contributed by atoms with Crippen LogP contribution in [0.2, 0.25) is 5.02 Å². The van der Waals surface area contributed by atoms with Crippen molar-refractivity contribution < 1.29 is 13.9 Å². The van der Waals surface area contributed by atoms with Crippen molar-refractivity contribution in [2.24, 2.45) is 11.5 Å². The molecule has 0 atom stereocenters. The fraction of sp³-hybridized carbons (Fsp3) is 0.435. The molecular formula is C23H27ClFN5O2. The van der Waals surface area contributed by atoms with E-state index in [1.54, 1.807) is 18.7 Å². The Hall–Kier alpha value is -2.71. The van der Waals surface area contributed by atoms with Gasteiger partial charge in [0.05, 0.1) is 41.2 Å². The topological polar surface area (TPSA) is 107 Å². The van der Waals surface area contributed by atoms with Crippen molar-refractivity contribution in [1.29, 1.82) is 0 Å². The molecule has 32 heavy (non-hydrogen) atoms. The highest BCUT2D eigenvalue weighted by molar-refractivity contribution is 6.31. The van der Waals surface area contributed by atoms with Crippen molar-refractivity contribution in [3.63, 3.8) is 0 Å². The number of carbonyl (C=O) groups is 1. The predicted molar refractivity (Wildman–Crippen MR) is 121 cm³/mol. The maximum atomic E-state index is 14.0. The number of aromatic nitrogens is 2. The summed E-state index contributed by atoms with van der Waals surface area (Å²) in [7, 11) is 0. The van der Waals surface area contributed by atoms with Gasteiger partial charge < -0.3 is 21.1 Å². The largest absolute Gasteiger partial charge is 0.489 e. The maximum absolute atomic E-state index is 14.0. The van der Waals surface area contributed by atoms with E-state index < -0.39 is 5.82 Å². The lowest BCUT2D eigenvalue weighted by Crippen LogP contribution is -2.33. The van der Waals surface area contributed by atoms with E-state index in [1.807, 2.05) is 0 Å². The molecule has 1 aromatic heterocycles. The van der Waals surface area contributed by atoms with E-state index in [1.165, 1.54) is 18.2 Å². The van der Waals surface area contributed by atoms with Gasteiger partial charge in [-0.1, -0.05) is 11.6 Å². The van der Waals surface area contributed by atoms with Gasteiger partial charge in [-0.15, -0.1) is 0 Å². The Morgan fingerprint density at radius 1 is 1.16 bits per heavy atom. The van der Waals surface area contributed by atoms with E-state index in [-0.39, 0.29) is 36.9 Å². The van der Waals surface area contributed by atoms with Crippen LogP contribution in [-0.4, -0.2) is 46.0 Å². The third-order valence-electron chi connectivity index (χ3n) is 6.02. The van der Waals surface area contributed by atoms with Gasteiger partial charge in [-0.05, 0) is 51.7 Å². The maximum Gasteiger partial charge on any atom is 0.258 e. The molecular weight excluding hydrogens is 433 g/mol. The Kier molecular flexibility index (Phi) is 6.35. The van der Waals surface area contributed by atoms with Gasteiger partial charge in [0.25, 0.3) is 5.91 Å². The summed E-state index contributed by atoms with van der Waals surface area (Å²) >= 11 is 6.18. The zero-order valence-corrected chi connectivity index (χ0v) is 19.0. The van der Waals surface area contributed by atoms with Gasteiger partial charge in [-0.25, -0.2) is 14.4 Å². The zero-order valence-electron chi connectivity index (χ0n) is 18.2. The number of aryl methyl sites for hydroxylation is 2. The molecule has 0 saturated heterocycles. The highest BCUT2D eigenvalue weighted by Gasteiger charge is 2.30. The highest BCUT2D eigenvalue weighted by Crippen LogP contribution is 2.30. The van der Waals surface area contributed by atoms with Crippen LogP contribution in [0.1, 0.15) is 53.3 Å². The summed E-state index contributed by atoms with van der Waals surface area (Å²) in [6, 6.07) is 4.16. The van der Waals surface area contributed by atoms with Crippen molar-refractivity contribution in [2.45, 2.75) is 51.7 Å². The minimum atomic E-state index is -0.454. The summed E-state index contributed by atoms with van der Waals surface area (Å²) in [6.07, 6.45) is 3.16. The minimum Gasteiger partial charge on any atom is -0.489 e. The third kappa shape index (κ3) is 4.56. The van der Waals surface area contributed by atoms with Crippen LogP contribution in [0.25, 0.3) is 5.57 Å². The first kappa shape index (κ1) is 22.5. The van der Waals surface area contributed by atoms with Crippen LogP contribution >= 0.6 is 11.6 Å². The van der Waals surface area contributed by atoms with Crippen molar-refractivity contribution >= 4 is 23.1 Å². The number of carbonyl (C=O) groups excluding carboxylic acids is 1. The van der Waals surface area contributed by atoms with Gasteiger partial charge in [0.15, 0.2) is 5.82 Å². The van der Waals surface area contributed by atoms with Crippen LogP contribution in [0.4, 0.5) is 4.39 Å². The summed E-state index contributed by atoms with van der Waals surface area (Å²) in [5.74, 6) is -0.0274. The standard InChI is InChI=1S/C23H27ClFN5O2/c1-12-21(24)13(2)29-22(28-12)18-10-30(11-19(18)27)23(31)17-8-3-14(25)9-20(17)32-16-6-4-15(26)5-7-16/h3,8-9,15-16H,4-7,10-11,26-27H2,1-2H3. The van der Waals surface area contributed by atoms with Crippen molar-refractivity contribution in [2.75, 3.05) is 13.1 Å². The van der Waals surface area contributed by atoms with Gasteiger partial charge >= 0.3 is 0 Å². The lowest BCUT2D eigenvalue weighted by Gasteiger charge is -2.28. The second-order valence-corrected chi connectivity index (χ2v) is 8.87. The van der Waals surface area contributed by atoms with Crippen LogP contribution in [0, 0.1) is 19.7 Å². The first-order valence-electron chi connectivity index (χ1n) is 10.7. The molecule has 1 aliphatic carbocycles. The highest BCUT2D eigenvalue weighted by atomic mass is 35.5. The van der Waals surface area contributed by atoms with E-state index in [4.69, 9.17) is 27.8 Å². The summed E-state index contributed by atoms with van der Waals surface area (Å²) in [5, 5.41) is 0.510. The monoisotopic (exact) mass is 459 g/mol. The second kappa shape index (κ2) is 9.03. The molecule has 170 valence electrons. The van der Waals surface area contributed by atoms with Gasteiger partial charge in [0.2, 0.25) is 0 Å². The van der Waals surface area contributed by atoms with Gasteiger partial charge in [0, 0.05) is 23.4 Å². The summed E-state index contributed by atoms with van der Waals surface area (Å²) < 4.78 is 20.0. The third-order valence-corrected chi connectivity index (χ3v) is 6.57. The fourth-order valence-electron chi connectivity index (χ4n) is 4.17. The van der Waals surface area contributed by atoms with Crippen LogP contribution in [0.5, 0.6) is 5.75 Å². The fourth-order valence-corrected chi connectivity index (χ4v) is 4.26. The molecule has 0 unspecified atom stereocenters. The number of hydrogen-bond acceptors (Lipinski definition) is 6. The SMILES string of the molecule is Cc1nc(C2=C(N)CN(C(=O)c3ccc(F)cc3OC3CCC(N)CC3)C2)nc(C)c1Cl. The molecule has 0 radical (unpaired) electrons. The molecule has 1 aliphatic heterocycles. The number of ether oxygens (including phenoxy) is 1. The molecule has 2 aliphatic rings. The number of amides is 1. The number of hydrogen-bond donors (Lipinski definition) is 2. The molecule has 1 saturated carbocycles. The lowest BCUT2D eigenvalue weighted by molar-refractivity contribution is 0.0786. The first-order chi connectivity index (χ1) is 15.2. The number of nitrogens with zero attached hydrogens (tertiary/aromatic N) is 3. The van der Waals surface area contributed by atoms with Crippen LogP contribution in [-0.2, 0) is 0 Å². The van der Waals surface area contributed by atoms with E-state index in [2.05, 4.69) is 9.97 Å². The normalized spacial score (nSPS) is 21.2. The van der Waals surface area contributed by atoms with E-state index in [0.29, 0.717) is 39.1 Å². The number of nitrogens with two attached hydrogens (primary N) is 2. The molecule has 0 bridgehead atoms. The Labute approximate surface area is 191 Å². The molecule has 1 aromatic carbocycles. The molecule has 2 heterocycles. The van der Waals surface area contributed by atoms with Gasteiger partial charge in [-0.2, -0.15) is 0 Å². The van der Waals surface area contributed by atoms with E-state index in [0.717, 1.165) is 25.7 Å². The smallest absolute Gasteiger partial charge is 0.258 e. The van der Waals surface area contributed by atoms with Crippen molar-refractivity contribution in [3.8, 4) is 5.75 Å². The molecule has 9 heteroatoms. The number of halogens is 2. The van der Waals surface area contributed by atoms with Crippen molar-refractivity contribution in [3.05, 3.63) is 57.5 Å². The molecule has 1 amide bonds. The van der Waals surface area contributed by atoms with Crippen LogP contribution in [0.15, 0.2) is 23.9 Å². The van der Waals surface area contributed by atoms with E-state index >= 15 is 0 Å². The quantitative estimate of drug-likeness (QED) is 0.725. The molecule has 4 rings (SSSR count). The Bertz CT molecular complexity index is 1060. The molecule has 0 spiro atoms. The second-order valence-electron chi connectivity index (χ2n) is 8.49. The number of benzene rings is 1. The lowest BCUT2D eigenvalue weighted by atomic mass is 9.93. The van der Waals surface area contributed by atoms with Crippen LogP contribution in [0.3, 0.4) is 0 Å². The number of rotatable bonds is 4. The molecule has 7 nitrogen and oxygen atoms in total. The summed E-state index contributed by atoms with van der Waals surface area (Å²) in [4.78, 5) is 23.8. The van der Waals surface area contributed by atoms with Gasteiger partial charge in [-0.3, -0.25) is 4.79 Å². The predicted octanol–water partition coefficient (Wildman–Crippen LogP) is 3.36. The summed E-state index contributed by atoms with van der Waals surface area (Å²) in [6.45, 7) is 4.08. The van der Waals surface area contributed by atoms with Gasteiger partial charge in [0.1, 0.15) is 11.6 Å². The summed E-state index contributed by atoms with van der Waals surface area (Å²) in [5.41, 5.74) is 15.0. The molecule has 4 N–H and O–H groups in total. The Morgan fingerprint density at radius 2 is 1.81 bits per heavy atom. The minimum absolute atomic E-state index is 0.0890. The van der Waals surface area contributed by atoms with Crippen molar-refractivity contribution in [1.82, 2.24) is 14.9 Å². The average Bonchev–Trinajstić information content (AvgIpc) is 3.14.